The van der Waals surface area contributed by atoms with E-state index in [1.165, 1.54) is 16.3 Å². The van der Waals surface area contributed by atoms with Crippen LogP contribution in [0.3, 0.4) is 0 Å². The van der Waals surface area contributed by atoms with E-state index in [4.69, 9.17) is 20.4 Å². The molecule has 0 saturated heterocycles. The Kier molecular flexibility index (Phi) is 8.22. The van der Waals surface area contributed by atoms with Crippen LogP contribution in [0.4, 0.5) is 0 Å². The smallest absolute Gasteiger partial charge is 0.222 e. The first-order chi connectivity index (χ1) is 9.12. The van der Waals surface area contributed by atoms with E-state index in [1.807, 2.05) is 0 Å². The molecule has 0 bridgehead atoms. The van der Waals surface area contributed by atoms with Crippen LogP contribution in [0, 0.1) is 10.8 Å². The van der Waals surface area contributed by atoms with Gasteiger partial charge in [0.1, 0.15) is 0 Å². The molecule has 0 heterocycles. The number of isocyanates is 2. The van der Waals surface area contributed by atoms with Gasteiger partial charge in [-0.1, -0.05) is 56.3 Å². The Morgan fingerprint density at radius 1 is 0.895 bits per heavy atom. The molecule has 0 fully saturated rings. The Hall–Kier alpha value is -2.54. The van der Waals surface area contributed by atoms with Crippen molar-refractivity contribution in [1.29, 1.82) is 10.8 Å². The lowest BCUT2D eigenvalue weighted by Gasteiger charge is -2.08. The van der Waals surface area contributed by atoms with Crippen molar-refractivity contribution < 1.29 is 9.59 Å². The summed E-state index contributed by atoms with van der Waals surface area (Å²) in [6.07, 6.45) is 1.50. The molecule has 2 aromatic rings. The van der Waals surface area contributed by atoms with Crippen molar-refractivity contribution in [2.24, 2.45) is 0 Å². The van der Waals surface area contributed by atoms with Gasteiger partial charge >= 0.3 is 0 Å². The van der Waals surface area contributed by atoms with Crippen LogP contribution < -0.4 is 0 Å². The first kappa shape index (κ1) is 16.5. The highest BCUT2D eigenvalue weighted by Crippen LogP contribution is 2.24. The summed E-state index contributed by atoms with van der Waals surface area (Å²) < 4.78 is 0. The zero-order valence-corrected chi connectivity index (χ0v) is 10.9. The van der Waals surface area contributed by atoms with E-state index in [0.29, 0.717) is 5.92 Å². The van der Waals surface area contributed by atoms with Crippen molar-refractivity contribution >= 4 is 22.9 Å². The Balaban J connectivity index is 0.000000465. The van der Waals surface area contributed by atoms with E-state index >= 15 is 0 Å². The Morgan fingerprint density at radius 2 is 1.37 bits per heavy atom. The van der Waals surface area contributed by atoms with E-state index in [0.717, 1.165) is 12.2 Å². The van der Waals surface area contributed by atoms with Crippen LogP contribution in [-0.4, -0.2) is 12.2 Å². The number of benzene rings is 2. The van der Waals surface area contributed by atoms with Crippen LogP contribution >= 0.6 is 0 Å². The van der Waals surface area contributed by atoms with E-state index < -0.39 is 0 Å². The lowest BCUT2D eigenvalue weighted by Crippen LogP contribution is -1.88. The molecule has 0 aliphatic carbocycles. The first-order valence-electron chi connectivity index (χ1n) is 5.67. The minimum atomic E-state index is 0.603. The molecule has 0 atom stereocenters. The summed E-state index contributed by atoms with van der Waals surface area (Å²) in [4.78, 5) is 16.7. The van der Waals surface area contributed by atoms with Crippen molar-refractivity contribution in [2.45, 2.75) is 19.8 Å². The number of fused-ring (bicyclic) bond motifs is 1. The minimum absolute atomic E-state index is 0.603. The van der Waals surface area contributed by atoms with Gasteiger partial charge in [-0.15, -0.1) is 0 Å². The predicted molar refractivity (Wildman–Crippen MR) is 74.9 cm³/mol. The second-order valence-electron chi connectivity index (χ2n) is 3.93. The number of rotatable bonds is 1. The molecular weight excluding hydrogens is 240 g/mol. The van der Waals surface area contributed by atoms with Crippen molar-refractivity contribution in [1.82, 2.24) is 0 Å². The molecule has 0 aliphatic rings. The van der Waals surface area contributed by atoms with Crippen LogP contribution in [-0.2, 0) is 9.59 Å². The van der Waals surface area contributed by atoms with Crippen molar-refractivity contribution in [3.63, 3.8) is 0 Å². The van der Waals surface area contributed by atoms with Gasteiger partial charge in [0.25, 0.3) is 0 Å². The quantitative estimate of drug-likeness (QED) is 0.601. The molecule has 0 aromatic heterocycles. The van der Waals surface area contributed by atoms with E-state index in [2.05, 4.69) is 56.3 Å². The van der Waals surface area contributed by atoms with Gasteiger partial charge in [-0.3, -0.25) is 0 Å². The summed E-state index contributed by atoms with van der Waals surface area (Å²) in [6.45, 7) is 4.48. The second-order valence-corrected chi connectivity index (χ2v) is 3.93. The molecule has 0 saturated carbocycles. The molecule has 0 aliphatic heterocycles. The molecule has 4 heteroatoms. The van der Waals surface area contributed by atoms with Gasteiger partial charge in [-0.25, -0.2) is 20.4 Å². The fourth-order valence-corrected chi connectivity index (χ4v) is 1.75. The van der Waals surface area contributed by atoms with Crippen LogP contribution in [0.25, 0.3) is 10.8 Å². The molecule has 2 N–H and O–H groups in total. The first-order valence-corrected chi connectivity index (χ1v) is 5.67. The van der Waals surface area contributed by atoms with Crippen molar-refractivity contribution in [3.8, 4) is 0 Å². The molecule has 0 amide bonds. The van der Waals surface area contributed by atoms with Crippen LogP contribution in [0.2, 0.25) is 0 Å². The second kappa shape index (κ2) is 9.49. The summed E-state index contributed by atoms with van der Waals surface area (Å²) in [5.74, 6) is 0.603. The third-order valence-corrected chi connectivity index (χ3v) is 2.45. The lowest BCUT2D eigenvalue weighted by atomic mass is 9.96. The van der Waals surface area contributed by atoms with Gasteiger partial charge in [0.05, 0.1) is 0 Å². The Bertz CT molecular complexity index is 562. The van der Waals surface area contributed by atoms with E-state index in [9.17, 15) is 0 Å². The molecule has 98 valence electrons. The van der Waals surface area contributed by atoms with E-state index in [1.54, 1.807) is 0 Å². The van der Waals surface area contributed by atoms with Crippen LogP contribution in [0.5, 0.6) is 0 Å². The van der Waals surface area contributed by atoms with Gasteiger partial charge < -0.3 is 0 Å². The third-order valence-electron chi connectivity index (χ3n) is 2.45. The van der Waals surface area contributed by atoms with Crippen LogP contribution in [0.1, 0.15) is 25.3 Å². The number of hydrogen-bond donors (Lipinski definition) is 2. The zero-order chi connectivity index (χ0) is 14.7. The summed E-state index contributed by atoms with van der Waals surface area (Å²) in [7, 11) is 0. The monoisotopic (exact) mass is 256 g/mol. The van der Waals surface area contributed by atoms with Gasteiger partial charge in [0.2, 0.25) is 12.2 Å². The van der Waals surface area contributed by atoms with E-state index in [-0.39, 0.29) is 0 Å². The molecule has 2 aromatic carbocycles. The molecule has 2 rings (SSSR count). The minimum Gasteiger partial charge on any atom is -0.222 e. The van der Waals surface area contributed by atoms with Crippen molar-refractivity contribution in [2.75, 3.05) is 0 Å². The highest BCUT2D eigenvalue weighted by atomic mass is 16.1. The van der Waals surface area contributed by atoms with Gasteiger partial charge in [-0.2, -0.15) is 0 Å². The topological polar surface area (TPSA) is 81.8 Å². The summed E-state index contributed by atoms with van der Waals surface area (Å²) in [5, 5.41) is 13.5. The normalized spacial score (nSPS) is 8.37. The largest absolute Gasteiger partial charge is 0.231 e. The Labute approximate surface area is 112 Å². The predicted octanol–water partition coefficient (Wildman–Crippen LogP) is 3.77. The molecule has 0 radical (unpaired) electrons. The maximum Gasteiger partial charge on any atom is 0.231 e. The summed E-state index contributed by atoms with van der Waals surface area (Å²) in [5.41, 5.74) is 1.44. The highest BCUT2D eigenvalue weighted by Gasteiger charge is 2.02. The number of carbonyl (C=O) groups excluding carboxylic acids is 2. The van der Waals surface area contributed by atoms with Gasteiger partial charge in [0, 0.05) is 0 Å². The van der Waals surface area contributed by atoms with Gasteiger partial charge in [-0.05, 0) is 22.3 Å². The molecule has 0 spiro atoms. The SMILES string of the molecule is CC(C)c1cccc2ccccc12.N=C=O.N=C=O. The molecule has 19 heavy (non-hydrogen) atoms. The number of hydrogen-bond acceptors (Lipinski definition) is 4. The summed E-state index contributed by atoms with van der Waals surface area (Å²) >= 11 is 0. The third kappa shape index (κ3) is 5.55. The fourth-order valence-electron chi connectivity index (χ4n) is 1.75. The Morgan fingerprint density at radius 3 is 1.89 bits per heavy atom. The van der Waals surface area contributed by atoms with Crippen molar-refractivity contribution in [3.05, 3.63) is 48.0 Å². The zero-order valence-electron chi connectivity index (χ0n) is 10.9. The van der Waals surface area contributed by atoms with Gasteiger partial charge in [0.15, 0.2) is 0 Å². The maximum absolute atomic E-state index is 8.35. The molecule has 4 nitrogen and oxygen atoms in total. The molecular formula is C15H16N2O2. The standard InChI is InChI=1S/C13H14.2CHNO/c1-10(2)12-9-5-7-11-6-3-4-8-13(11)12;2*2-1-3/h3-10H,1-2H3;2*2H. The fraction of sp³-hybridized carbons (Fsp3) is 0.200. The average molecular weight is 256 g/mol. The lowest BCUT2D eigenvalue weighted by molar-refractivity contribution is 0.562. The molecule has 0 unspecified atom stereocenters. The number of nitrogens with one attached hydrogen (secondary N) is 2. The van der Waals surface area contributed by atoms with Crippen LogP contribution in [0.15, 0.2) is 42.5 Å². The average Bonchev–Trinajstić information content (AvgIpc) is 2.40. The summed E-state index contributed by atoms with van der Waals surface area (Å²) in [6, 6.07) is 15.1. The highest BCUT2D eigenvalue weighted by molar-refractivity contribution is 5.86. The maximum atomic E-state index is 8.35.